The maximum Gasteiger partial charge on any atom is 0.232 e. The van der Waals surface area contributed by atoms with Gasteiger partial charge in [-0.3, -0.25) is 4.79 Å². The number of carbonyl (C=O) groups excluding carboxylic acids is 1. The number of hydrogen-bond acceptors (Lipinski definition) is 6. The molecule has 0 spiro atoms. The van der Waals surface area contributed by atoms with Crippen molar-refractivity contribution < 1.29 is 13.9 Å². The molecule has 31 heavy (non-hydrogen) atoms. The van der Waals surface area contributed by atoms with Crippen LogP contribution in [0, 0.1) is 0 Å². The molecule has 0 unspecified atom stereocenters. The van der Waals surface area contributed by atoms with Gasteiger partial charge in [0.25, 0.3) is 0 Å². The second kappa shape index (κ2) is 10.1. The summed E-state index contributed by atoms with van der Waals surface area (Å²) in [7, 11) is 1.67. The van der Waals surface area contributed by atoms with E-state index in [1.807, 2.05) is 41.3 Å². The van der Waals surface area contributed by atoms with Crippen LogP contribution in [0.15, 0.2) is 59.2 Å². The molecule has 0 aliphatic carbocycles. The second-order valence-electron chi connectivity index (χ2n) is 7.21. The molecule has 162 valence electrons. The lowest BCUT2D eigenvalue weighted by Crippen LogP contribution is -2.49. The normalized spacial score (nSPS) is 14.0. The molecule has 1 aliphatic rings. The van der Waals surface area contributed by atoms with Crippen LogP contribution >= 0.6 is 23.4 Å². The molecule has 1 saturated heterocycles. The van der Waals surface area contributed by atoms with Crippen molar-refractivity contribution in [3.63, 3.8) is 0 Å². The zero-order valence-electron chi connectivity index (χ0n) is 17.3. The molecule has 2 aromatic carbocycles. The molecule has 0 N–H and O–H groups in total. The van der Waals surface area contributed by atoms with Crippen LogP contribution < -0.4 is 9.64 Å². The number of anilines is 1. The highest BCUT2D eigenvalue weighted by atomic mass is 35.5. The largest absolute Gasteiger partial charge is 0.497 e. The first-order valence-corrected chi connectivity index (χ1v) is 11.6. The van der Waals surface area contributed by atoms with Crippen molar-refractivity contribution >= 4 is 35.0 Å². The Labute approximate surface area is 191 Å². The SMILES string of the molecule is COc1ccc(N2CCN(C(=O)CSCc3coc(-c4ccc(Cl)cc4)n3)CC2)cc1. The molecule has 1 aromatic heterocycles. The Balaban J connectivity index is 1.21. The van der Waals surface area contributed by atoms with Gasteiger partial charge in [-0.2, -0.15) is 0 Å². The average molecular weight is 458 g/mol. The van der Waals surface area contributed by atoms with E-state index in [1.165, 1.54) is 0 Å². The van der Waals surface area contributed by atoms with E-state index in [4.69, 9.17) is 20.8 Å². The zero-order valence-corrected chi connectivity index (χ0v) is 18.9. The summed E-state index contributed by atoms with van der Waals surface area (Å²) in [5, 5.41) is 0.675. The highest BCUT2D eigenvalue weighted by molar-refractivity contribution is 7.99. The van der Waals surface area contributed by atoms with Gasteiger partial charge in [0.05, 0.1) is 18.6 Å². The van der Waals surface area contributed by atoms with E-state index in [2.05, 4.69) is 22.0 Å². The number of aromatic nitrogens is 1. The first-order valence-electron chi connectivity index (χ1n) is 10.1. The molecular weight excluding hydrogens is 434 g/mol. The Morgan fingerprint density at radius 2 is 1.81 bits per heavy atom. The zero-order chi connectivity index (χ0) is 21.6. The smallest absolute Gasteiger partial charge is 0.232 e. The fourth-order valence-electron chi connectivity index (χ4n) is 3.44. The Hall–Kier alpha value is -2.64. The maximum absolute atomic E-state index is 12.6. The van der Waals surface area contributed by atoms with Crippen LogP contribution in [-0.2, 0) is 10.5 Å². The first-order chi connectivity index (χ1) is 15.1. The number of nitrogens with zero attached hydrogens (tertiary/aromatic N) is 3. The summed E-state index contributed by atoms with van der Waals surface area (Å²) >= 11 is 7.48. The minimum Gasteiger partial charge on any atom is -0.497 e. The highest BCUT2D eigenvalue weighted by Crippen LogP contribution is 2.23. The van der Waals surface area contributed by atoms with Gasteiger partial charge in [0.15, 0.2) is 0 Å². The van der Waals surface area contributed by atoms with Gasteiger partial charge < -0.3 is 19.0 Å². The molecule has 1 aliphatic heterocycles. The van der Waals surface area contributed by atoms with Crippen LogP contribution in [0.1, 0.15) is 5.69 Å². The molecule has 1 fully saturated rings. The van der Waals surface area contributed by atoms with Gasteiger partial charge in [-0.1, -0.05) is 11.6 Å². The standard InChI is InChI=1S/C23H24ClN3O3S/c1-29-21-8-6-20(7-9-21)26-10-12-27(13-11-26)22(28)16-31-15-19-14-30-23(25-19)17-2-4-18(24)5-3-17/h2-9,14H,10-13,15-16H2,1H3. The lowest BCUT2D eigenvalue weighted by molar-refractivity contribution is -0.128. The van der Waals surface area contributed by atoms with Crippen LogP contribution in [0.4, 0.5) is 5.69 Å². The molecule has 2 heterocycles. The van der Waals surface area contributed by atoms with Crippen LogP contribution in [0.3, 0.4) is 0 Å². The third-order valence-electron chi connectivity index (χ3n) is 5.19. The van der Waals surface area contributed by atoms with Crippen molar-refractivity contribution in [3.8, 4) is 17.2 Å². The van der Waals surface area contributed by atoms with E-state index in [0.717, 1.165) is 48.9 Å². The fraction of sp³-hybridized carbons (Fsp3) is 0.304. The topological polar surface area (TPSA) is 58.8 Å². The van der Waals surface area contributed by atoms with Crippen LogP contribution in [0.25, 0.3) is 11.5 Å². The van der Waals surface area contributed by atoms with E-state index in [-0.39, 0.29) is 5.91 Å². The fourth-order valence-corrected chi connectivity index (χ4v) is 4.37. The summed E-state index contributed by atoms with van der Waals surface area (Å²) in [4.78, 5) is 21.3. The lowest BCUT2D eigenvalue weighted by atomic mass is 10.2. The van der Waals surface area contributed by atoms with E-state index in [9.17, 15) is 4.79 Å². The van der Waals surface area contributed by atoms with Gasteiger partial charge in [-0.15, -0.1) is 11.8 Å². The van der Waals surface area contributed by atoms with Crippen molar-refractivity contribution in [1.82, 2.24) is 9.88 Å². The lowest BCUT2D eigenvalue weighted by Gasteiger charge is -2.36. The quantitative estimate of drug-likeness (QED) is 0.517. The number of ether oxygens (including phenoxy) is 1. The van der Waals surface area contributed by atoms with Crippen molar-refractivity contribution in [2.75, 3.05) is 43.9 Å². The number of methoxy groups -OCH3 is 1. The number of amides is 1. The number of piperazine rings is 1. The van der Waals surface area contributed by atoms with Gasteiger partial charge >= 0.3 is 0 Å². The molecular formula is C23H24ClN3O3S. The maximum atomic E-state index is 12.6. The number of thioether (sulfide) groups is 1. The average Bonchev–Trinajstić information content (AvgIpc) is 3.28. The Kier molecular flexibility index (Phi) is 7.04. The highest BCUT2D eigenvalue weighted by Gasteiger charge is 2.21. The van der Waals surface area contributed by atoms with Gasteiger partial charge in [-0.05, 0) is 48.5 Å². The summed E-state index contributed by atoms with van der Waals surface area (Å²) in [5.41, 5.74) is 2.86. The van der Waals surface area contributed by atoms with Crippen molar-refractivity contribution in [2.24, 2.45) is 0 Å². The first kappa shape index (κ1) is 21.6. The number of oxazole rings is 1. The van der Waals surface area contributed by atoms with E-state index < -0.39 is 0 Å². The molecule has 4 rings (SSSR count). The third kappa shape index (κ3) is 5.54. The number of benzene rings is 2. The second-order valence-corrected chi connectivity index (χ2v) is 8.63. The summed E-state index contributed by atoms with van der Waals surface area (Å²) < 4.78 is 10.8. The van der Waals surface area contributed by atoms with Crippen molar-refractivity contribution in [3.05, 3.63) is 65.5 Å². The molecule has 0 saturated carbocycles. The minimum absolute atomic E-state index is 0.167. The van der Waals surface area contributed by atoms with Gasteiger partial charge in [0, 0.05) is 48.2 Å². The number of carbonyl (C=O) groups is 1. The molecule has 8 heteroatoms. The van der Waals surface area contributed by atoms with E-state index in [0.29, 0.717) is 22.4 Å². The van der Waals surface area contributed by atoms with Crippen molar-refractivity contribution in [1.29, 1.82) is 0 Å². The van der Waals surface area contributed by atoms with Gasteiger partial charge in [0.2, 0.25) is 11.8 Å². The number of rotatable bonds is 7. The predicted octanol–water partition coefficient (Wildman–Crippen LogP) is 4.59. The minimum atomic E-state index is 0.167. The molecule has 0 radical (unpaired) electrons. The van der Waals surface area contributed by atoms with E-state index in [1.54, 1.807) is 25.1 Å². The van der Waals surface area contributed by atoms with Crippen LogP contribution in [-0.4, -0.2) is 54.8 Å². The van der Waals surface area contributed by atoms with E-state index >= 15 is 0 Å². The molecule has 0 bridgehead atoms. The monoisotopic (exact) mass is 457 g/mol. The summed E-state index contributed by atoms with van der Waals surface area (Å²) in [6, 6.07) is 15.4. The van der Waals surface area contributed by atoms with Crippen LogP contribution in [0.2, 0.25) is 5.02 Å². The van der Waals surface area contributed by atoms with Crippen LogP contribution in [0.5, 0.6) is 5.75 Å². The third-order valence-corrected chi connectivity index (χ3v) is 6.39. The Morgan fingerprint density at radius 3 is 2.48 bits per heavy atom. The summed E-state index contributed by atoms with van der Waals surface area (Å²) in [5.74, 6) is 2.65. The van der Waals surface area contributed by atoms with Gasteiger partial charge in [-0.25, -0.2) is 4.98 Å². The Bertz CT molecular complexity index is 1000. The predicted molar refractivity (Wildman–Crippen MR) is 125 cm³/mol. The molecule has 6 nitrogen and oxygen atoms in total. The summed E-state index contributed by atoms with van der Waals surface area (Å²) in [6.07, 6.45) is 1.65. The molecule has 1 amide bonds. The van der Waals surface area contributed by atoms with Crippen molar-refractivity contribution in [2.45, 2.75) is 5.75 Å². The number of hydrogen-bond donors (Lipinski definition) is 0. The Morgan fingerprint density at radius 1 is 1.10 bits per heavy atom. The molecule has 0 atom stereocenters. The number of halogens is 1. The molecule has 3 aromatic rings. The van der Waals surface area contributed by atoms with Gasteiger partial charge in [0.1, 0.15) is 12.0 Å². The summed E-state index contributed by atoms with van der Waals surface area (Å²) in [6.45, 7) is 3.12.